The highest BCUT2D eigenvalue weighted by Gasteiger charge is 2.13. The van der Waals surface area contributed by atoms with Crippen molar-refractivity contribution in [3.63, 3.8) is 0 Å². The minimum atomic E-state index is -0.771. The van der Waals surface area contributed by atoms with Crippen LogP contribution in [0.5, 0.6) is 0 Å². The number of carboxylic acids is 1. The first kappa shape index (κ1) is 11.9. The maximum absolute atomic E-state index is 10.5. The van der Waals surface area contributed by atoms with E-state index in [2.05, 4.69) is 11.8 Å². The molecule has 1 N–H and O–H groups in total. The highest BCUT2D eigenvalue weighted by Crippen LogP contribution is 2.08. The molecule has 4 nitrogen and oxygen atoms in total. The molecule has 86 valence electrons. The van der Waals surface area contributed by atoms with E-state index in [1.807, 2.05) is 17.3 Å². The van der Waals surface area contributed by atoms with E-state index in [1.165, 1.54) is 25.7 Å². The minimum absolute atomic E-state index is 0.0992. The van der Waals surface area contributed by atoms with Crippen LogP contribution in [0, 0.1) is 0 Å². The smallest absolute Gasteiger partial charge is 0.323 e. The lowest BCUT2D eigenvalue weighted by Crippen LogP contribution is -2.29. The van der Waals surface area contributed by atoms with Gasteiger partial charge in [-0.05, 0) is 6.42 Å². The van der Waals surface area contributed by atoms with E-state index in [4.69, 9.17) is 5.11 Å². The van der Waals surface area contributed by atoms with Crippen LogP contribution in [0.3, 0.4) is 0 Å². The van der Waals surface area contributed by atoms with Gasteiger partial charge in [-0.25, -0.2) is 0 Å². The van der Waals surface area contributed by atoms with E-state index in [-0.39, 0.29) is 6.54 Å². The van der Waals surface area contributed by atoms with Crippen molar-refractivity contribution in [2.75, 3.05) is 19.8 Å². The largest absolute Gasteiger partial charge is 0.480 e. The topological polar surface area (TPSA) is 43.8 Å². The minimum Gasteiger partial charge on any atom is -0.480 e. The third kappa shape index (κ3) is 4.72. The Bertz CT molecular complexity index is 229. The molecule has 0 aromatic carbocycles. The second-order valence-corrected chi connectivity index (χ2v) is 3.95. The Labute approximate surface area is 91.2 Å². The second kappa shape index (κ2) is 6.32. The predicted octanol–water partition coefficient (Wildman–Crippen LogP) is 1.70. The number of aliphatic carboxylic acids is 1. The molecule has 0 aromatic heterocycles. The van der Waals surface area contributed by atoms with Crippen molar-refractivity contribution in [1.82, 2.24) is 9.80 Å². The van der Waals surface area contributed by atoms with Crippen LogP contribution in [0.2, 0.25) is 0 Å². The summed E-state index contributed by atoms with van der Waals surface area (Å²) in [6.07, 6.45) is 8.83. The number of nitrogens with zero attached hydrogens (tertiary/aromatic N) is 2. The third-order valence-electron chi connectivity index (χ3n) is 2.49. The lowest BCUT2D eigenvalue weighted by Gasteiger charge is -2.19. The standard InChI is InChI=1S/C11H20N2O2/c1-2-3-4-5-6-12-7-8-13(10-12)9-11(14)15/h7-8H,2-6,9-10H2,1H3,(H,14,15). The molecule has 0 unspecified atom stereocenters. The van der Waals surface area contributed by atoms with Crippen LogP contribution in [-0.2, 0) is 4.79 Å². The normalized spacial score (nSPS) is 15.0. The summed E-state index contributed by atoms with van der Waals surface area (Å²) in [6.45, 7) is 4.05. The van der Waals surface area contributed by atoms with Crippen molar-refractivity contribution in [1.29, 1.82) is 0 Å². The molecule has 0 aliphatic carbocycles. The van der Waals surface area contributed by atoms with Crippen LogP contribution in [0.4, 0.5) is 0 Å². The van der Waals surface area contributed by atoms with Crippen LogP contribution < -0.4 is 0 Å². The monoisotopic (exact) mass is 212 g/mol. The van der Waals surface area contributed by atoms with Gasteiger partial charge in [0.15, 0.2) is 0 Å². The predicted molar refractivity (Wildman–Crippen MR) is 59.2 cm³/mol. The maximum Gasteiger partial charge on any atom is 0.323 e. The number of hydrogen-bond acceptors (Lipinski definition) is 3. The van der Waals surface area contributed by atoms with Gasteiger partial charge in [0.25, 0.3) is 0 Å². The molecule has 0 bridgehead atoms. The first-order valence-corrected chi connectivity index (χ1v) is 5.60. The van der Waals surface area contributed by atoms with Gasteiger partial charge in [0.2, 0.25) is 0 Å². The zero-order chi connectivity index (χ0) is 11.1. The van der Waals surface area contributed by atoms with Crippen LogP contribution in [0.25, 0.3) is 0 Å². The van der Waals surface area contributed by atoms with Crippen molar-refractivity contribution in [3.8, 4) is 0 Å². The van der Waals surface area contributed by atoms with E-state index in [1.54, 1.807) is 0 Å². The molecule has 0 saturated heterocycles. The average Bonchev–Trinajstić information content (AvgIpc) is 2.59. The Morgan fingerprint density at radius 2 is 2.00 bits per heavy atom. The Morgan fingerprint density at radius 3 is 2.67 bits per heavy atom. The Hall–Kier alpha value is -1.19. The number of unbranched alkanes of at least 4 members (excludes halogenated alkanes) is 3. The number of rotatable bonds is 7. The highest BCUT2D eigenvalue weighted by molar-refractivity contribution is 5.69. The molecule has 0 saturated carbocycles. The fraction of sp³-hybridized carbons (Fsp3) is 0.727. The summed E-state index contributed by atoms with van der Waals surface area (Å²) >= 11 is 0. The van der Waals surface area contributed by atoms with Gasteiger partial charge in [-0.1, -0.05) is 26.2 Å². The Balaban J connectivity index is 2.09. The summed E-state index contributed by atoms with van der Waals surface area (Å²) < 4.78 is 0. The van der Waals surface area contributed by atoms with Crippen molar-refractivity contribution >= 4 is 5.97 Å². The van der Waals surface area contributed by atoms with Crippen molar-refractivity contribution in [2.45, 2.75) is 32.6 Å². The molecule has 0 aromatic rings. The van der Waals surface area contributed by atoms with E-state index in [0.717, 1.165) is 13.2 Å². The summed E-state index contributed by atoms with van der Waals surface area (Å²) in [5.74, 6) is -0.771. The van der Waals surface area contributed by atoms with Gasteiger partial charge in [0.1, 0.15) is 6.54 Å². The number of carboxylic acid groups (broad SMARTS) is 1. The quantitative estimate of drug-likeness (QED) is 0.652. The SMILES string of the molecule is CCCCCCN1C=CN(CC(=O)O)C1. The molecule has 0 radical (unpaired) electrons. The average molecular weight is 212 g/mol. The van der Waals surface area contributed by atoms with Gasteiger partial charge in [-0.2, -0.15) is 0 Å². The van der Waals surface area contributed by atoms with Crippen LogP contribution in [0.1, 0.15) is 32.6 Å². The number of carbonyl (C=O) groups is 1. The molecule has 0 amide bonds. The Kier molecular flexibility index (Phi) is 5.01. The summed E-state index contributed by atoms with van der Waals surface area (Å²) in [4.78, 5) is 14.4. The summed E-state index contributed by atoms with van der Waals surface area (Å²) in [6, 6.07) is 0. The molecular formula is C11H20N2O2. The molecule has 0 fully saturated rings. The van der Waals surface area contributed by atoms with Crippen LogP contribution in [-0.4, -0.2) is 40.6 Å². The van der Waals surface area contributed by atoms with E-state index >= 15 is 0 Å². The molecule has 1 heterocycles. The maximum atomic E-state index is 10.5. The third-order valence-corrected chi connectivity index (χ3v) is 2.49. The lowest BCUT2D eigenvalue weighted by molar-refractivity contribution is -0.137. The first-order chi connectivity index (χ1) is 7.22. The summed E-state index contributed by atoms with van der Waals surface area (Å²) in [7, 11) is 0. The van der Waals surface area contributed by atoms with E-state index in [0.29, 0.717) is 0 Å². The van der Waals surface area contributed by atoms with Crippen molar-refractivity contribution < 1.29 is 9.90 Å². The molecule has 1 aliphatic rings. The summed E-state index contributed by atoms with van der Waals surface area (Å²) in [5, 5.41) is 8.61. The summed E-state index contributed by atoms with van der Waals surface area (Å²) in [5.41, 5.74) is 0. The van der Waals surface area contributed by atoms with Crippen molar-refractivity contribution in [3.05, 3.63) is 12.4 Å². The molecule has 1 aliphatic heterocycles. The molecule has 0 spiro atoms. The van der Waals surface area contributed by atoms with Gasteiger partial charge in [-0.3, -0.25) is 4.79 Å². The zero-order valence-electron chi connectivity index (χ0n) is 9.35. The lowest BCUT2D eigenvalue weighted by atomic mass is 10.2. The molecule has 1 rings (SSSR count). The fourth-order valence-electron chi connectivity index (χ4n) is 1.68. The van der Waals surface area contributed by atoms with E-state index in [9.17, 15) is 4.79 Å². The van der Waals surface area contributed by atoms with Crippen LogP contribution >= 0.6 is 0 Å². The van der Waals surface area contributed by atoms with Gasteiger partial charge < -0.3 is 14.9 Å². The molecule has 4 heteroatoms. The Morgan fingerprint density at radius 1 is 1.27 bits per heavy atom. The van der Waals surface area contributed by atoms with Gasteiger partial charge in [0, 0.05) is 18.9 Å². The second-order valence-electron chi connectivity index (χ2n) is 3.95. The molecule has 0 atom stereocenters. The molecule has 15 heavy (non-hydrogen) atoms. The van der Waals surface area contributed by atoms with Gasteiger partial charge in [0.05, 0.1) is 6.67 Å². The number of hydrogen-bond donors (Lipinski definition) is 1. The van der Waals surface area contributed by atoms with Crippen LogP contribution in [0.15, 0.2) is 12.4 Å². The van der Waals surface area contributed by atoms with Gasteiger partial charge in [-0.15, -0.1) is 0 Å². The van der Waals surface area contributed by atoms with Crippen molar-refractivity contribution in [2.24, 2.45) is 0 Å². The molecular weight excluding hydrogens is 192 g/mol. The van der Waals surface area contributed by atoms with Gasteiger partial charge >= 0.3 is 5.97 Å². The first-order valence-electron chi connectivity index (χ1n) is 5.60. The fourth-order valence-corrected chi connectivity index (χ4v) is 1.68. The zero-order valence-corrected chi connectivity index (χ0v) is 9.35. The van der Waals surface area contributed by atoms with E-state index < -0.39 is 5.97 Å². The highest BCUT2D eigenvalue weighted by atomic mass is 16.4.